The summed E-state index contributed by atoms with van der Waals surface area (Å²) in [6.45, 7) is 0. The molecule has 1 aliphatic heterocycles. The van der Waals surface area contributed by atoms with E-state index in [1.165, 1.54) is 54.9 Å². The maximum absolute atomic E-state index is 5.18. The molecule has 0 saturated carbocycles. The van der Waals surface area contributed by atoms with Crippen molar-refractivity contribution in [2.75, 3.05) is 0 Å². The van der Waals surface area contributed by atoms with E-state index in [9.17, 15) is 0 Å². The number of nitrogens with one attached hydrogen (secondary N) is 3. The highest BCUT2D eigenvalue weighted by Crippen LogP contribution is 2.42. The highest BCUT2D eigenvalue weighted by molar-refractivity contribution is 6.24. The fourth-order valence-electron chi connectivity index (χ4n) is 8.01. The number of nitrogens with zero attached hydrogens (tertiary/aromatic N) is 2. The van der Waals surface area contributed by atoms with Crippen molar-refractivity contribution in [1.82, 2.24) is 25.5 Å². The van der Waals surface area contributed by atoms with Crippen LogP contribution in [0.4, 0.5) is 0 Å². The number of hydrogen-bond acceptors (Lipinski definition) is 4. The lowest BCUT2D eigenvalue weighted by atomic mass is 9.94. The van der Waals surface area contributed by atoms with Gasteiger partial charge in [0.25, 0.3) is 0 Å². The van der Waals surface area contributed by atoms with E-state index >= 15 is 0 Å². The minimum absolute atomic E-state index is 0.0624. The molecular formula is C48H37N5. The minimum Gasteiger partial charge on any atom is -0.308 e. The fourth-order valence-corrected chi connectivity index (χ4v) is 8.01. The molecule has 5 nitrogen and oxygen atoms in total. The van der Waals surface area contributed by atoms with Crippen LogP contribution in [0.1, 0.15) is 35.3 Å². The third-order valence-electron chi connectivity index (χ3n) is 10.6. The SMILES string of the molecule is c1ccc(-c2ccc3c4c5ccccc5c(-c5ccccc5)cc4n(-c4ccc(C5NC(c6ccccc6)NC(c6ccccc6)N5)nc4)c3c2)cc1. The molecule has 5 heteroatoms. The van der Waals surface area contributed by atoms with E-state index in [1.54, 1.807) is 0 Å². The first-order valence-corrected chi connectivity index (χ1v) is 18.2. The molecule has 254 valence electrons. The molecule has 3 heterocycles. The molecule has 0 bridgehead atoms. The zero-order valence-corrected chi connectivity index (χ0v) is 29.0. The molecule has 2 unspecified atom stereocenters. The normalized spacial score (nSPS) is 17.4. The summed E-state index contributed by atoms with van der Waals surface area (Å²) in [5.74, 6) is 0. The number of benzene rings is 7. The third kappa shape index (κ3) is 5.68. The fraction of sp³-hybridized carbons (Fsp3) is 0.0625. The molecule has 10 rings (SSSR count). The van der Waals surface area contributed by atoms with Gasteiger partial charge in [-0.3, -0.25) is 20.9 Å². The first kappa shape index (κ1) is 31.4. The second-order valence-corrected chi connectivity index (χ2v) is 13.7. The van der Waals surface area contributed by atoms with Gasteiger partial charge in [-0.1, -0.05) is 158 Å². The van der Waals surface area contributed by atoms with E-state index in [1.807, 2.05) is 6.20 Å². The van der Waals surface area contributed by atoms with Crippen LogP contribution in [0.3, 0.4) is 0 Å². The molecule has 2 aromatic heterocycles. The van der Waals surface area contributed by atoms with Gasteiger partial charge < -0.3 is 4.57 Å². The van der Waals surface area contributed by atoms with Crippen LogP contribution in [0.15, 0.2) is 188 Å². The lowest BCUT2D eigenvalue weighted by molar-refractivity contribution is 0.200. The smallest absolute Gasteiger partial charge is 0.104 e. The monoisotopic (exact) mass is 683 g/mol. The second kappa shape index (κ2) is 13.3. The average Bonchev–Trinajstić information content (AvgIpc) is 3.58. The van der Waals surface area contributed by atoms with Gasteiger partial charge in [-0.05, 0) is 68.4 Å². The zero-order chi connectivity index (χ0) is 35.1. The van der Waals surface area contributed by atoms with E-state index in [0.717, 1.165) is 22.4 Å². The lowest BCUT2D eigenvalue weighted by Crippen LogP contribution is -2.54. The quantitative estimate of drug-likeness (QED) is 0.163. The van der Waals surface area contributed by atoms with E-state index in [4.69, 9.17) is 4.98 Å². The molecule has 0 amide bonds. The zero-order valence-electron chi connectivity index (χ0n) is 29.0. The third-order valence-corrected chi connectivity index (χ3v) is 10.6. The highest BCUT2D eigenvalue weighted by atomic mass is 15.4. The summed E-state index contributed by atoms with van der Waals surface area (Å²) >= 11 is 0. The Morgan fingerprint density at radius 3 is 1.60 bits per heavy atom. The van der Waals surface area contributed by atoms with Crippen molar-refractivity contribution >= 4 is 32.6 Å². The van der Waals surface area contributed by atoms with Crippen LogP contribution in [0.2, 0.25) is 0 Å². The second-order valence-electron chi connectivity index (χ2n) is 13.7. The van der Waals surface area contributed by atoms with Gasteiger partial charge in [-0.15, -0.1) is 0 Å². The van der Waals surface area contributed by atoms with Gasteiger partial charge in [-0.25, -0.2) is 0 Å². The molecule has 7 aromatic carbocycles. The molecule has 1 aliphatic rings. The van der Waals surface area contributed by atoms with Crippen LogP contribution in [0.25, 0.3) is 60.5 Å². The predicted octanol–water partition coefficient (Wildman–Crippen LogP) is 10.8. The maximum atomic E-state index is 5.18. The van der Waals surface area contributed by atoms with Crippen molar-refractivity contribution in [3.05, 3.63) is 205 Å². The Morgan fingerprint density at radius 1 is 0.415 bits per heavy atom. The summed E-state index contributed by atoms with van der Waals surface area (Å²) in [7, 11) is 0. The Kier molecular flexibility index (Phi) is 7.88. The van der Waals surface area contributed by atoms with Crippen molar-refractivity contribution in [3.63, 3.8) is 0 Å². The average molecular weight is 684 g/mol. The van der Waals surface area contributed by atoms with Crippen molar-refractivity contribution in [1.29, 1.82) is 0 Å². The van der Waals surface area contributed by atoms with Crippen LogP contribution >= 0.6 is 0 Å². The van der Waals surface area contributed by atoms with Gasteiger partial charge >= 0.3 is 0 Å². The summed E-state index contributed by atoms with van der Waals surface area (Å²) in [5, 5.41) is 16.3. The van der Waals surface area contributed by atoms with Crippen LogP contribution in [-0.2, 0) is 0 Å². The topological polar surface area (TPSA) is 53.9 Å². The molecule has 53 heavy (non-hydrogen) atoms. The van der Waals surface area contributed by atoms with Crippen LogP contribution in [0.5, 0.6) is 0 Å². The summed E-state index contributed by atoms with van der Waals surface area (Å²) < 4.78 is 2.40. The van der Waals surface area contributed by atoms with Crippen molar-refractivity contribution in [2.45, 2.75) is 18.5 Å². The number of rotatable bonds is 6. The molecule has 9 aromatic rings. The van der Waals surface area contributed by atoms with Crippen LogP contribution in [0, 0.1) is 0 Å². The van der Waals surface area contributed by atoms with Gasteiger partial charge in [0.2, 0.25) is 0 Å². The Bertz CT molecular complexity index is 2640. The number of aromatic nitrogens is 2. The maximum Gasteiger partial charge on any atom is 0.104 e. The lowest BCUT2D eigenvalue weighted by Gasteiger charge is -2.39. The molecule has 0 spiro atoms. The van der Waals surface area contributed by atoms with Gasteiger partial charge in [0.15, 0.2) is 0 Å². The van der Waals surface area contributed by atoms with Gasteiger partial charge in [0.05, 0.1) is 40.9 Å². The van der Waals surface area contributed by atoms with E-state index in [2.05, 4.69) is 203 Å². The summed E-state index contributed by atoms with van der Waals surface area (Å²) in [4.78, 5) is 5.18. The minimum atomic E-state index is -0.183. The highest BCUT2D eigenvalue weighted by Gasteiger charge is 2.30. The molecule has 0 radical (unpaired) electrons. The molecule has 3 N–H and O–H groups in total. The number of pyridine rings is 1. The number of fused-ring (bicyclic) bond motifs is 5. The summed E-state index contributed by atoms with van der Waals surface area (Å²) in [6, 6.07) is 64.9. The predicted molar refractivity (Wildman–Crippen MR) is 217 cm³/mol. The first-order chi connectivity index (χ1) is 26.3. The molecule has 2 atom stereocenters. The first-order valence-electron chi connectivity index (χ1n) is 18.2. The standard InChI is InChI=1S/C48H37N5/c1-5-15-32(16-6-1)36-25-27-40-43(29-36)53(44-30-41(33-17-7-2-8-18-33)38-23-13-14-24-39(38)45(40)44)37-26-28-42(49-31-37)48-51-46(34-19-9-3-10-20-34)50-47(52-48)35-21-11-4-12-22-35/h1-31,46-48,50-52H. The Hall–Kier alpha value is -6.37. The molecule has 1 fully saturated rings. The Labute approximate surface area is 308 Å². The molecular weight excluding hydrogens is 647 g/mol. The van der Waals surface area contributed by atoms with Crippen molar-refractivity contribution in [3.8, 4) is 27.9 Å². The van der Waals surface area contributed by atoms with E-state index < -0.39 is 0 Å². The number of hydrogen-bond donors (Lipinski definition) is 3. The summed E-state index contributed by atoms with van der Waals surface area (Å²) in [6.07, 6.45) is 1.72. The summed E-state index contributed by atoms with van der Waals surface area (Å²) in [5.41, 5.74) is 11.4. The molecule has 0 aliphatic carbocycles. The van der Waals surface area contributed by atoms with Gasteiger partial charge in [0.1, 0.15) is 6.17 Å². The Balaban J connectivity index is 1.14. The van der Waals surface area contributed by atoms with Crippen LogP contribution in [-0.4, -0.2) is 9.55 Å². The van der Waals surface area contributed by atoms with E-state index in [-0.39, 0.29) is 18.5 Å². The van der Waals surface area contributed by atoms with Crippen molar-refractivity contribution in [2.24, 2.45) is 0 Å². The van der Waals surface area contributed by atoms with E-state index in [0.29, 0.717) is 0 Å². The van der Waals surface area contributed by atoms with Gasteiger partial charge in [-0.2, -0.15) is 0 Å². The molecule has 1 saturated heterocycles. The van der Waals surface area contributed by atoms with Crippen molar-refractivity contribution < 1.29 is 0 Å². The van der Waals surface area contributed by atoms with Gasteiger partial charge in [0, 0.05) is 10.8 Å². The largest absolute Gasteiger partial charge is 0.308 e. The Morgan fingerprint density at radius 2 is 0.981 bits per heavy atom. The van der Waals surface area contributed by atoms with Crippen LogP contribution < -0.4 is 16.0 Å².